The van der Waals surface area contributed by atoms with Crippen molar-refractivity contribution in [1.82, 2.24) is 5.32 Å². The van der Waals surface area contributed by atoms with Gasteiger partial charge in [0.05, 0.1) is 18.3 Å². The minimum atomic E-state index is -0.408. The van der Waals surface area contributed by atoms with Crippen LogP contribution < -0.4 is 5.32 Å². The van der Waals surface area contributed by atoms with Gasteiger partial charge in [0.1, 0.15) is 4.88 Å². The highest BCUT2D eigenvalue weighted by Crippen LogP contribution is 2.38. The van der Waals surface area contributed by atoms with Crippen LogP contribution in [0, 0.1) is 0 Å². The van der Waals surface area contributed by atoms with E-state index in [0.717, 1.165) is 11.0 Å². The normalized spacial score (nSPS) is 19.9. The van der Waals surface area contributed by atoms with Gasteiger partial charge in [0.15, 0.2) is 0 Å². The summed E-state index contributed by atoms with van der Waals surface area (Å²) in [6, 6.07) is 1.82. The number of esters is 1. The van der Waals surface area contributed by atoms with E-state index in [1.165, 1.54) is 18.4 Å². The van der Waals surface area contributed by atoms with Crippen LogP contribution in [0.3, 0.4) is 0 Å². The predicted molar refractivity (Wildman–Crippen MR) is 93.6 cm³/mol. The maximum absolute atomic E-state index is 11.6. The van der Waals surface area contributed by atoms with Gasteiger partial charge >= 0.3 is 13.1 Å². The maximum Gasteiger partial charge on any atom is 0.491 e. The van der Waals surface area contributed by atoms with Crippen LogP contribution in [0.1, 0.15) is 42.9 Å². The molecule has 2 heterocycles. The van der Waals surface area contributed by atoms with Gasteiger partial charge < -0.3 is 19.4 Å². The van der Waals surface area contributed by atoms with Gasteiger partial charge in [-0.05, 0) is 57.2 Å². The molecule has 5 nitrogen and oxygen atoms in total. The van der Waals surface area contributed by atoms with E-state index >= 15 is 0 Å². The number of carbonyl (C=O) groups is 1. The Labute approximate surface area is 142 Å². The number of carbonyl (C=O) groups excluding carboxylic acids is 1. The number of methoxy groups -OCH3 is 1. The van der Waals surface area contributed by atoms with Crippen molar-refractivity contribution in [3.63, 3.8) is 0 Å². The fourth-order valence-corrected chi connectivity index (χ4v) is 3.03. The molecule has 1 N–H and O–H groups in total. The zero-order valence-electron chi connectivity index (χ0n) is 14.6. The minimum absolute atomic E-state index is 0.319. The van der Waals surface area contributed by atoms with E-state index < -0.39 is 7.12 Å². The van der Waals surface area contributed by atoms with Crippen LogP contribution in [-0.2, 0) is 14.0 Å². The third-order valence-corrected chi connectivity index (χ3v) is 5.22. The Balaban J connectivity index is 2.25. The molecule has 0 spiro atoms. The number of rotatable bonds is 5. The van der Waals surface area contributed by atoms with E-state index in [2.05, 4.69) is 5.32 Å². The fraction of sp³-hybridized carbons (Fsp3) is 0.562. The van der Waals surface area contributed by atoms with Crippen LogP contribution >= 0.6 is 11.3 Å². The molecule has 0 bridgehead atoms. The Morgan fingerprint density at radius 2 is 1.96 bits per heavy atom. The predicted octanol–water partition coefficient (Wildman–Crippen LogP) is 2.77. The molecule has 23 heavy (non-hydrogen) atoms. The van der Waals surface area contributed by atoms with Gasteiger partial charge in [-0.15, -0.1) is 11.3 Å². The Kier molecular flexibility index (Phi) is 5.35. The van der Waals surface area contributed by atoms with Gasteiger partial charge in [-0.1, -0.05) is 6.08 Å². The Morgan fingerprint density at radius 3 is 2.48 bits per heavy atom. The summed E-state index contributed by atoms with van der Waals surface area (Å²) in [6.07, 6.45) is 2.00. The van der Waals surface area contributed by atoms with Gasteiger partial charge in [0.25, 0.3) is 0 Å². The number of thiophene rings is 1. The molecule has 0 saturated carbocycles. The van der Waals surface area contributed by atoms with Gasteiger partial charge in [-0.2, -0.15) is 0 Å². The largest absolute Gasteiger partial charge is 0.491 e. The second-order valence-corrected chi connectivity index (χ2v) is 7.48. The lowest BCUT2D eigenvalue weighted by Crippen LogP contribution is -2.41. The summed E-state index contributed by atoms with van der Waals surface area (Å²) in [5.74, 6) is -0.319. The number of likely N-dealkylation sites (N-methyl/N-ethyl adjacent to an activating group) is 1. The molecule has 0 unspecified atom stereocenters. The highest BCUT2D eigenvalue weighted by Gasteiger charge is 2.52. The summed E-state index contributed by atoms with van der Waals surface area (Å²) in [6.45, 7) is 8.77. The molecular formula is C16H24BNO4S. The first-order valence-corrected chi connectivity index (χ1v) is 8.45. The van der Waals surface area contributed by atoms with E-state index in [1.54, 1.807) is 0 Å². The summed E-state index contributed by atoms with van der Waals surface area (Å²) in [5.41, 5.74) is 1.17. The minimum Gasteiger partial charge on any atom is -0.465 e. The Morgan fingerprint density at radius 1 is 1.35 bits per heavy atom. The number of ether oxygens (including phenoxy) is 1. The molecule has 126 valence electrons. The number of hydrogen-bond donors (Lipinski definition) is 1. The molecule has 1 saturated heterocycles. The van der Waals surface area contributed by atoms with Crippen molar-refractivity contribution in [3.05, 3.63) is 27.4 Å². The molecule has 2 rings (SSSR count). The summed E-state index contributed by atoms with van der Waals surface area (Å²) in [7, 11) is 2.86. The molecule has 1 aromatic heterocycles. The van der Waals surface area contributed by atoms with Crippen molar-refractivity contribution >= 4 is 30.5 Å². The molecule has 7 heteroatoms. The third kappa shape index (κ3) is 3.85. The van der Waals surface area contributed by atoms with Crippen molar-refractivity contribution in [2.75, 3.05) is 20.7 Å². The lowest BCUT2D eigenvalue weighted by molar-refractivity contribution is 0.00578. The second kappa shape index (κ2) is 6.77. The molecule has 0 aromatic carbocycles. The molecule has 0 radical (unpaired) electrons. The first-order chi connectivity index (χ1) is 10.7. The van der Waals surface area contributed by atoms with Crippen LogP contribution in [-0.4, -0.2) is 45.0 Å². The number of hydrogen-bond acceptors (Lipinski definition) is 6. The molecule has 0 atom stereocenters. The van der Waals surface area contributed by atoms with Gasteiger partial charge in [-0.3, -0.25) is 0 Å². The first-order valence-electron chi connectivity index (χ1n) is 7.58. The van der Waals surface area contributed by atoms with Crippen molar-refractivity contribution in [3.8, 4) is 0 Å². The molecular weight excluding hydrogens is 313 g/mol. The third-order valence-electron chi connectivity index (χ3n) is 4.30. The summed E-state index contributed by atoms with van der Waals surface area (Å²) < 4.78 is 17.0. The van der Waals surface area contributed by atoms with Gasteiger partial charge in [0.2, 0.25) is 0 Å². The second-order valence-electron chi connectivity index (χ2n) is 6.57. The van der Waals surface area contributed by atoms with E-state index in [-0.39, 0.29) is 17.2 Å². The molecule has 0 aliphatic carbocycles. The molecule has 1 aliphatic rings. The highest BCUT2D eigenvalue weighted by molar-refractivity contribution is 7.12. The van der Waals surface area contributed by atoms with Crippen LogP contribution in [0.25, 0.3) is 6.08 Å². The summed E-state index contributed by atoms with van der Waals surface area (Å²) in [5, 5.41) is 5.07. The quantitative estimate of drug-likeness (QED) is 0.661. The summed E-state index contributed by atoms with van der Waals surface area (Å²) >= 11 is 1.36. The zero-order chi connectivity index (χ0) is 17.3. The lowest BCUT2D eigenvalue weighted by Gasteiger charge is -2.32. The average Bonchev–Trinajstić information content (AvgIpc) is 3.00. The average molecular weight is 337 g/mol. The van der Waals surface area contributed by atoms with E-state index in [9.17, 15) is 4.79 Å². The maximum atomic E-state index is 11.6. The first kappa shape index (κ1) is 18.2. The van der Waals surface area contributed by atoms with Crippen molar-refractivity contribution < 1.29 is 18.8 Å². The number of nitrogens with one attached hydrogen (secondary N) is 1. The van der Waals surface area contributed by atoms with E-state index in [0.29, 0.717) is 11.4 Å². The van der Waals surface area contributed by atoms with Crippen LogP contribution in [0.2, 0.25) is 0 Å². The topological polar surface area (TPSA) is 56.8 Å². The van der Waals surface area contributed by atoms with Crippen LogP contribution in [0.15, 0.2) is 16.9 Å². The highest BCUT2D eigenvalue weighted by atomic mass is 32.1. The van der Waals surface area contributed by atoms with Crippen molar-refractivity contribution in [2.24, 2.45) is 0 Å². The molecule has 1 fully saturated rings. The zero-order valence-corrected chi connectivity index (χ0v) is 15.4. The SMILES string of the molecule is CNCC(=Cc1csc(C(=O)OC)c1)B1OC(C)(C)C(C)(C)O1. The molecule has 0 amide bonds. The van der Waals surface area contributed by atoms with E-state index in [4.69, 9.17) is 14.0 Å². The lowest BCUT2D eigenvalue weighted by atomic mass is 9.77. The van der Waals surface area contributed by atoms with E-state index in [1.807, 2.05) is 52.3 Å². The summed E-state index contributed by atoms with van der Waals surface area (Å²) in [4.78, 5) is 12.2. The monoisotopic (exact) mass is 337 g/mol. The molecule has 1 aromatic rings. The Hall–Kier alpha value is -1.15. The standard InChI is InChI=1S/C16H24BNO4S/c1-15(2)16(3,4)22-17(21-15)12(9-18-5)7-11-8-13(23-10-11)14(19)20-6/h7-8,10,18H,9H2,1-6H3. The molecule has 1 aliphatic heterocycles. The smallest absolute Gasteiger partial charge is 0.465 e. The van der Waals surface area contributed by atoms with Crippen molar-refractivity contribution in [2.45, 2.75) is 38.9 Å². The van der Waals surface area contributed by atoms with Crippen LogP contribution in [0.5, 0.6) is 0 Å². The van der Waals surface area contributed by atoms with Crippen LogP contribution in [0.4, 0.5) is 0 Å². The fourth-order valence-electron chi connectivity index (χ4n) is 2.25. The van der Waals surface area contributed by atoms with Crippen molar-refractivity contribution in [1.29, 1.82) is 0 Å². The van der Waals surface area contributed by atoms with Gasteiger partial charge in [-0.25, -0.2) is 4.79 Å². The van der Waals surface area contributed by atoms with Gasteiger partial charge in [0, 0.05) is 6.54 Å². The Bertz CT molecular complexity index is 593.